The normalized spacial score (nSPS) is 18.3. The highest BCUT2D eigenvalue weighted by molar-refractivity contribution is 5.83. The summed E-state index contributed by atoms with van der Waals surface area (Å²) in [6.07, 6.45) is 2.48. The number of hydrogen-bond acceptors (Lipinski definition) is 3. The van der Waals surface area contributed by atoms with Crippen LogP contribution in [0.2, 0.25) is 0 Å². The van der Waals surface area contributed by atoms with Crippen LogP contribution in [-0.4, -0.2) is 41.1 Å². The van der Waals surface area contributed by atoms with Crippen LogP contribution in [0.25, 0.3) is 0 Å². The van der Waals surface area contributed by atoms with Crippen molar-refractivity contribution in [2.45, 2.75) is 38.6 Å². The van der Waals surface area contributed by atoms with Crippen LogP contribution in [-0.2, 0) is 9.59 Å². The van der Waals surface area contributed by atoms with Crippen molar-refractivity contribution < 1.29 is 19.4 Å². The highest BCUT2D eigenvalue weighted by Crippen LogP contribution is 2.18. The molecule has 1 aromatic carbocycles. The van der Waals surface area contributed by atoms with Crippen molar-refractivity contribution >= 4 is 11.9 Å². The SMILES string of the molecule is Cc1cccc(OCCC(=O)N2CCCC[C@@H]2C(=O)O)c1. The molecular weight excluding hydrogens is 270 g/mol. The molecule has 1 saturated heterocycles. The summed E-state index contributed by atoms with van der Waals surface area (Å²) >= 11 is 0. The summed E-state index contributed by atoms with van der Waals surface area (Å²) in [7, 11) is 0. The Bertz CT molecular complexity index is 515. The minimum absolute atomic E-state index is 0.144. The van der Waals surface area contributed by atoms with Crippen LogP contribution >= 0.6 is 0 Å². The number of benzene rings is 1. The molecule has 1 amide bonds. The molecule has 1 atom stereocenters. The van der Waals surface area contributed by atoms with E-state index >= 15 is 0 Å². The monoisotopic (exact) mass is 291 g/mol. The predicted octanol–water partition coefficient (Wildman–Crippen LogP) is 2.23. The number of carboxylic acid groups (broad SMARTS) is 1. The zero-order valence-electron chi connectivity index (χ0n) is 12.2. The first-order valence-corrected chi connectivity index (χ1v) is 7.29. The van der Waals surface area contributed by atoms with Gasteiger partial charge in [0.25, 0.3) is 0 Å². The number of carboxylic acids is 1. The molecule has 0 aliphatic carbocycles. The van der Waals surface area contributed by atoms with Crippen molar-refractivity contribution in [1.29, 1.82) is 0 Å². The van der Waals surface area contributed by atoms with Gasteiger partial charge < -0.3 is 14.7 Å². The van der Waals surface area contributed by atoms with Gasteiger partial charge in [-0.05, 0) is 43.9 Å². The van der Waals surface area contributed by atoms with Crippen LogP contribution in [0.1, 0.15) is 31.2 Å². The van der Waals surface area contributed by atoms with Gasteiger partial charge in [-0.2, -0.15) is 0 Å². The number of aryl methyl sites for hydroxylation is 1. The Morgan fingerprint density at radius 1 is 1.38 bits per heavy atom. The van der Waals surface area contributed by atoms with E-state index in [4.69, 9.17) is 9.84 Å². The Balaban J connectivity index is 1.84. The number of ether oxygens (including phenoxy) is 1. The summed E-state index contributed by atoms with van der Waals surface area (Å²) < 4.78 is 5.55. The number of rotatable bonds is 5. The van der Waals surface area contributed by atoms with Gasteiger partial charge in [0.1, 0.15) is 11.8 Å². The second kappa shape index (κ2) is 7.11. The molecule has 1 aliphatic rings. The first-order chi connectivity index (χ1) is 10.1. The first-order valence-electron chi connectivity index (χ1n) is 7.29. The Morgan fingerprint density at radius 2 is 2.19 bits per heavy atom. The molecule has 5 nitrogen and oxygen atoms in total. The molecule has 114 valence electrons. The summed E-state index contributed by atoms with van der Waals surface area (Å²) in [4.78, 5) is 24.8. The molecular formula is C16H21NO4. The molecule has 0 radical (unpaired) electrons. The lowest BCUT2D eigenvalue weighted by atomic mass is 10.0. The summed E-state index contributed by atoms with van der Waals surface area (Å²) in [6, 6.07) is 6.95. The predicted molar refractivity (Wildman–Crippen MR) is 78.3 cm³/mol. The van der Waals surface area contributed by atoms with Gasteiger partial charge in [0.2, 0.25) is 5.91 Å². The molecule has 0 spiro atoms. The van der Waals surface area contributed by atoms with Crippen molar-refractivity contribution in [3.8, 4) is 5.75 Å². The minimum atomic E-state index is -0.914. The Kier molecular flexibility index (Phi) is 5.20. The van der Waals surface area contributed by atoms with Crippen LogP contribution in [0, 0.1) is 6.92 Å². The maximum Gasteiger partial charge on any atom is 0.326 e. The minimum Gasteiger partial charge on any atom is -0.493 e. The average Bonchev–Trinajstić information content (AvgIpc) is 2.47. The number of piperidine rings is 1. The molecule has 1 N–H and O–H groups in total. The molecule has 1 fully saturated rings. The lowest BCUT2D eigenvalue weighted by molar-refractivity contribution is -0.152. The second-order valence-electron chi connectivity index (χ2n) is 5.35. The molecule has 1 aromatic rings. The highest BCUT2D eigenvalue weighted by atomic mass is 16.5. The number of carbonyl (C=O) groups excluding carboxylic acids is 1. The number of likely N-dealkylation sites (tertiary alicyclic amines) is 1. The van der Waals surface area contributed by atoms with E-state index in [-0.39, 0.29) is 18.9 Å². The molecule has 1 heterocycles. The molecule has 5 heteroatoms. The van der Waals surface area contributed by atoms with E-state index in [1.807, 2.05) is 31.2 Å². The first kappa shape index (κ1) is 15.4. The quantitative estimate of drug-likeness (QED) is 0.903. The summed E-state index contributed by atoms with van der Waals surface area (Å²) in [5, 5.41) is 9.17. The molecule has 0 aromatic heterocycles. The largest absolute Gasteiger partial charge is 0.493 e. The lowest BCUT2D eigenvalue weighted by Crippen LogP contribution is -2.48. The topological polar surface area (TPSA) is 66.8 Å². The molecule has 0 bridgehead atoms. The summed E-state index contributed by atoms with van der Waals surface area (Å²) in [6.45, 7) is 2.77. The van der Waals surface area contributed by atoms with E-state index in [1.165, 1.54) is 4.90 Å². The average molecular weight is 291 g/mol. The molecule has 21 heavy (non-hydrogen) atoms. The van der Waals surface area contributed by atoms with Crippen molar-refractivity contribution in [1.82, 2.24) is 4.90 Å². The zero-order chi connectivity index (χ0) is 15.2. The molecule has 1 aliphatic heterocycles. The number of aliphatic carboxylic acids is 1. The van der Waals surface area contributed by atoms with Gasteiger partial charge in [0.15, 0.2) is 0 Å². The van der Waals surface area contributed by atoms with E-state index in [9.17, 15) is 9.59 Å². The number of nitrogens with zero attached hydrogens (tertiary/aromatic N) is 1. The van der Waals surface area contributed by atoms with Crippen molar-refractivity contribution in [2.75, 3.05) is 13.2 Å². The Hall–Kier alpha value is -2.04. The van der Waals surface area contributed by atoms with Gasteiger partial charge in [0, 0.05) is 6.54 Å². The van der Waals surface area contributed by atoms with Crippen LogP contribution < -0.4 is 4.74 Å². The standard InChI is InChI=1S/C16H21NO4/c1-12-5-4-6-13(11-12)21-10-8-15(18)17-9-3-2-7-14(17)16(19)20/h4-6,11,14H,2-3,7-10H2,1H3,(H,19,20)/t14-/m1/s1. The number of amides is 1. The third-order valence-corrected chi connectivity index (χ3v) is 3.68. The van der Waals surface area contributed by atoms with Crippen molar-refractivity contribution in [3.05, 3.63) is 29.8 Å². The fourth-order valence-electron chi connectivity index (χ4n) is 2.59. The van der Waals surface area contributed by atoms with Gasteiger partial charge in [-0.15, -0.1) is 0 Å². The highest BCUT2D eigenvalue weighted by Gasteiger charge is 2.31. The Labute approximate surface area is 124 Å². The lowest BCUT2D eigenvalue weighted by Gasteiger charge is -2.33. The van der Waals surface area contributed by atoms with Crippen molar-refractivity contribution in [3.63, 3.8) is 0 Å². The van der Waals surface area contributed by atoms with Gasteiger partial charge in [-0.3, -0.25) is 4.79 Å². The summed E-state index contributed by atoms with van der Waals surface area (Å²) in [5.74, 6) is -0.325. The maximum atomic E-state index is 12.2. The Morgan fingerprint density at radius 3 is 2.90 bits per heavy atom. The van der Waals surface area contributed by atoms with Gasteiger partial charge in [-0.25, -0.2) is 4.79 Å². The van der Waals surface area contributed by atoms with E-state index in [0.717, 1.165) is 24.2 Å². The van der Waals surface area contributed by atoms with Gasteiger partial charge in [0.05, 0.1) is 13.0 Å². The van der Waals surface area contributed by atoms with Crippen LogP contribution in [0.5, 0.6) is 5.75 Å². The zero-order valence-corrected chi connectivity index (χ0v) is 12.2. The van der Waals surface area contributed by atoms with E-state index < -0.39 is 12.0 Å². The second-order valence-corrected chi connectivity index (χ2v) is 5.35. The third kappa shape index (κ3) is 4.21. The maximum absolute atomic E-state index is 12.2. The van der Waals surface area contributed by atoms with Crippen LogP contribution in [0.3, 0.4) is 0 Å². The van der Waals surface area contributed by atoms with E-state index in [1.54, 1.807) is 0 Å². The van der Waals surface area contributed by atoms with Crippen molar-refractivity contribution in [2.24, 2.45) is 0 Å². The van der Waals surface area contributed by atoms with E-state index in [0.29, 0.717) is 13.0 Å². The van der Waals surface area contributed by atoms with Gasteiger partial charge >= 0.3 is 5.97 Å². The molecule has 0 unspecified atom stereocenters. The number of carbonyl (C=O) groups is 2. The fraction of sp³-hybridized carbons (Fsp3) is 0.500. The van der Waals surface area contributed by atoms with Crippen LogP contribution in [0.15, 0.2) is 24.3 Å². The summed E-state index contributed by atoms with van der Waals surface area (Å²) in [5.41, 5.74) is 1.10. The van der Waals surface area contributed by atoms with Crippen LogP contribution in [0.4, 0.5) is 0 Å². The fourth-order valence-corrected chi connectivity index (χ4v) is 2.59. The molecule has 0 saturated carbocycles. The molecule has 2 rings (SSSR count). The van der Waals surface area contributed by atoms with Gasteiger partial charge in [-0.1, -0.05) is 12.1 Å². The van der Waals surface area contributed by atoms with E-state index in [2.05, 4.69) is 0 Å². The third-order valence-electron chi connectivity index (χ3n) is 3.68. The number of hydrogen-bond donors (Lipinski definition) is 1. The smallest absolute Gasteiger partial charge is 0.326 e.